The summed E-state index contributed by atoms with van der Waals surface area (Å²) in [5.74, 6) is 1.43. The lowest BCUT2D eigenvalue weighted by molar-refractivity contribution is 0.0600. The molecule has 0 fully saturated rings. The van der Waals surface area contributed by atoms with Crippen LogP contribution >= 0.6 is 12.6 Å². The first kappa shape index (κ1) is 15.7. The van der Waals surface area contributed by atoms with E-state index in [1.165, 1.54) is 14.2 Å². The van der Waals surface area contributed by atoms with Gasteiger partial charge in [-0.05, 0) is 24.0 Å². The van der Waals surface area contributed by atoms with Gasteiger partial charge in [0.1, 0.15) is 0 Å². The Labute approximate surface area is 119 Å². The van der Waals surface area contributed by atoms with E-state index in [-0.39, 0.29) is 5.41 Å². The molecule has 1 aromatic rings. The largest absolute Gasteiger partial charge is 0.493 e. The van der Waals surface area contributed by atoms with Gasteiger partial charge in [0.15, 0.2) is 11.5 Å². The molecular formula is C14H20O4S. The molecule has 0 radical (unpaired) electrons. The van der Waals surface area contributed by atoms with Gasteiger partial charge in [0.2, 0.25) is 0 Å². The maximum absolute atomic E-state index is 11.4. The fraction of sp³-hybridized carbons (Fsp3) is 0.500. The summed E-state index contributed by atoms with van der Waals surface area (Å²) in [7, 11) is 2.88. The summed E-state index contributed by atoms with van der Waals surface area (Å²) >= 11 is 4.28. The third-order valence-electron chi connectivity index (χ3n) is 2.63. The molecular weight excluding hydrogens is 264 g/mol. The van der Waals surface area contributed by atoms with E-state index in [1.54, 1.807) is 18.2 Å². The van der Waals surface area contributed by atoms with Gasteiger partial charge >= 0.3 is 5.97 Å². The minimum Gasteiger partial charge on any atom is -0.493 e. The van der Waals surface area contributed by atoms with Crippen LogP contribution in [0.2, 0.25) is 0 Å². The fourth-order valence-corrected chi connectivity index (χ4v) is 1.44. The van der Waals surface area contributed by atoms with Gasteiger partial charge in [-0.15, -0.1) is 0 Å². The first-order valence-corrected chi connectivity index (χ1v) is 6.57. The normalized spacial score (nSPS) is 11.0. The topological polar surface area (TPSA) is 44.8 Å². The van der Waals surface area contributed by atoms with Crippen molar-refractivity contribution in [3.63, 3.8) is 0 Å². The van der Waals surface area contributed by atoms with E-state index >= 15 is 0 Å². The minimum atomic E-state index is -0.402. The number of carbonyl (C=O) groups excluding carboxylic acids is 1. The second-order valence-electron chi connectivity index (χ2n) is 4.97. The summed E-state index contributed by atoms with van der Waals surface area (Å²) in [5, 5.41) is 0. The van der Waals surface area contributed by atoms with Crippen LogP contribution in [-0.2, 0) is 4.74 Å². The Bertz CT molecular complexity index is 443. The second kappa shape index (κ2) is 6.70. The molecule has 106 valence electrons. The number of esters is 1. The third kappa shape index (κ3) is 4.35. The number of benzene rings is 1. The van der Waals surface area contributed by atoms with Crippen molar-refractivity contribution in [2.75, 3.05) is 26.6 Å². The first-order valence-electron chi connectivity index (χ1n) is 5.93. The van der Waals surface area contributed by atoms with Gasteiger partial charge < -0.3 is 14.2 Å². The van der Waals surface area contributed by atoms with Crippen molar-refractivity contribution in [3.8, 4) is 11.5 Å². The minimum absolute atomic E-state index is 0.0326. The number of carbonyl (C=O) groups is 1. The van der Waals surface area contributed by atoms with Gasteiger partial charge in [-0.25, -0.2) is 4.79 Å². The smallest absolute Gasteiger partial charge is 0.337 e. The van der Waals surface area contributed by atoms with Crippen molar-refractivity contribution in [1.29, 1.82) is 0 Å². The van der Waals surface area contributed by atoms with Crippen molar-refractivity contribution in [2.45, 2.75) is 13.8 Å². The van der Waals surface area contributed by atoms with Crippen molar-refractivity contribution in [2.24, 2.45) is 5.41 Å². The van der Waals surface area contributed by atoms with E-state index in [2.05, 4.69) is 31.2 Å². The Morgan fingerprint density at radius 1 is 1.26 bits per heavy atom. The predicted molar refractivity (Wildman–Crippen MR) is 77.5 cm³/mol. The zero-order chi connectivity index (χ0) is 14.5. The highest BCUT2D eigenvalue weighted by Gasteiger charge is 2.18. The van der Waals surface area contributed by atoms with Gasteiger partial charge in [-0.2, -0.15) is 12.6 Å². The molecule has 0 aromatic heterocycles. The maximum Gasteiger partial charge on any atom is 0.337 e. The fourth-order valence-electron chi connectivity index (χ4n) is 1.35. The van der Waals surface area contributed by atoms with Gasteiger partial charge in [0.25, 0.3) is 0 Å². The van der Waals surface area contributed by atoms with Crippen LogP contribution in [0.5, 0.6) is 11.5 Å². The summed E-state index contributed by atoms with van der Waals surface area (Å²) in [6.45, 7) is 4.65. The van der Waals surface area contributed by atoms with Crippen molar-refractivity contribution < 1.29 is 19.0 Å². The van der Waals surface area contributed by atoms with E-state index in [0.29, 0.717) is 23.7 Å². The molecule has 0 heterocycles. The zero-order valence-electron chi connectivity index (χ0n) is 11.7. The van der Waals surface area contributed by atoms with Crippen LogP contribution in [0.15, 0.2) is 18.2 Å². The van der Waals surface area contributed by atoms with Crippen LogP contribution in [0, 0.1) is 5.41 Å². The lowest BCUT2D eigenvalue weighted by atomic mass is 9.98. The number of ether oxygens (including phenoxy) is 3. The predicted octanol–water partition coefficient (Wildman–Crippen LogP) is 2.82. The van der Waals surface area contributed by atoms with Crippen LogP contribution in [0.1, 0.15) is 24.2 Å². The van der Waals surface area contributed by atoms with Crippen LogP contribution in [0.3, 0.4) is 0 Å². The summed E-state index contributed by atoms with van der Waals surface area (Å²) in [6, 6.07) is 4.96. The summed E-state index contributed by atoms with van der Waals surface area (Å²) in [6.07, 6.45) is 0. The van der Waals surface area contributed by atoms with Gasteiger partial charge in [0.05, 0.1) is 26.4 Å². The summed E-state index contributed by atoms with van der Waals surface area (Å²) < 4.78 is 15.6. The maximum atomic E-state index is 11.4. The Hall–Kier alpha value is -1.36. The van der Waals surface area contributed by atoms with E-state index in [0.717, 1.165) is 5.75 Å². The van der Waals surface area contributed by atoms with E-state index in [9.17, 15) is 4.79 Å². The van der Waals surface area contributed by atoms with Gasteiger partial charge in [-0.1, -0.05) is 13.8 Å². The number of hydrogen-bond donors (Lipinski definition) is 1. The number of rotatable bonds is 6. The Morgan fingerprint density at radius 2 is 1.95 bits per heavy atom. The lowest BCUT2D eigenvalue weighted by Gasteiger charge is -2.23. The van der Waals surface area contributed by atoms with Crippen molar-refractivity contribution in [1.82, 2.24) is 0 Å². The van der Waals surface area contributed by atoms with Crippen LogP contribution < -0.4 is 9.47 Å². The molecule has 0 saturated carbocycles. The highest BCUT2D eigenvalue weighted by Crippen LogP contribution is 2.30. The molecule has 0 unspecified atom stereocenters. The number of methoxy groups -OCH3 is 2. The van der Waals surface area contributed by atoms with Crippen LogP contribution in [0.4, 0.5) is 0 Å². The monoisotopic (exact) mass is 284 g/mol. The summed E-state index contributed by atoms with van der Waals surface area (Å²) in [4.78, 5) is 11.4. The molecule has 0 N–H and O–H groups in total. The number of thiol groups is 1. The molecule has 1 rings (SSSR count). The molecule has 0 aliphatic heterocycles. The van der Waals surface area contributed by atoms with Crippen LogP contribution in [-0.4, -0.2) is 32.5 Å². The molecule has 0 spiro atoms. The molecule has 0 aliphatic rings. The molecule has 5 heteroatoms. The lowest BCUT2D eigenvalue weighted by Crippen LogP contribution is -2.23. The molecule has 0 amide bonds. The van der Waals surface area contributed by atoms with E-state index in [1.807, 2.05) is 0 Å². The first-order chi connectivity index (χ1) is 8.93. The highest BCUT2D eigenvalue weighted by atomic mass is 32.1. The van der Waals surface area contributed by atoms with Crippen LogP contribution in [0.25, 0.3) is 0 Å². The highest BCUT2D eigenvalue weighted by molar-refractivity contribution is 7.80. The zero-order valence-corrected chi connectivity index (χ0v) is 12.6. The molecule has 0 saturated heterocycles. The molecule has 1 aromatic carbocycles. The molecule has 19 heavy (non-hydrogen) atoms. The molecule has 0 aliphatic carbocycles. The van der Waals surface area contributed by atoms with Gasteiger partial charge in [-0.3, -0.25) is 0 Å². The second-order valence-corrected chi connectivity index (χ2v) is 5.28. The average Bonchev–Trinajstić information content (AvgIpc) is 2.44. The SMILES string of the molecule is COC(=O)c1ccc(OCC(C)(C)CS)c(OC)c1. The Balaban J connectivity index is 2.88. The van der Waals surface area contributed by atoms with Gasteiger partial charge in [0, 0.05) is 5.41 Å². The Kier molecular flexibility index (Phi) is 5.54. The van der Waals surface area contributed by atoms with Crippen molar-refractivity contribution >= 4 is 18.6 Å². The average molecular weight is 284 g/mol. The van der Waals surface area contributed by atoms with Crippen molar-refractivity contribution in [3.05, 3.63) is 23.8 Å². The molecule has 0 bridgehead atoms. The van der Waals surface area contributed by atoms with E-state index in [4.69, 9.17) is 9.47 Å². The summed E-state index contributed by atoms with van der Waals surface area (Å²) in [5.41, 5.74) is 0.398. The standard InChI is InChI=1S/C14H20O4S/c1-14(2,9-19)8-18-11-6-5-10(13(15)17-4)7-12(11)16-3/h5-7,19H,8-9H2,1-4H3. The third-order valence-corrected chi connectivity index (χ3v) is 3.49. The Morgan fingerprint density at radius 3 is 2.47 bits per heavy atom. The molecule has 0 atom stereocenters. The number of hydrogen-bond acceptors (Lipinski definition) is 5. The quantitative estimate of drug-likeness (QED) is 0.644. The molecule has 4 nitrogen and oxygen atoms in total. The van der Waals surface area contributed by atoms with E-state index < -0.39 is 5.97 Å².